The summed E-state index contributed by atoms with van der Waals surface area (Å²) in [6, 6.07) is 0. The molecule has 0 spiro atoms. The van der Waals surface area contributed by atoms with Gasteiger partial charge in [-0.05, 0) is 57.3 Å². The molecule has 2 N–H and O–H groups in total. The van der Waals surface area contributed by atoms with E-state index in [0.29, 0.717) is 29.6 Å². The van der Waals surface area contributed by atoms with Crippen LogP contribution in [0.4, 0.5) is 0 Å². The van der Waals surface area contributed by atoms with Gasteiger partial charge in [0.25, 0.3) is 0 Å². The van der Waals surface area contributed by atoms with Crippen molar-refractivity contribution in [3.05, 3.63) is 35.5 Å². The Labute approximate surface area is 134 Å². The molecule has 22 heavy (non-hydrogen) atoms. The molecule has 0 heterocycles. The highest BCUT2D eigenvalue weighted by atomic mass is 16.3. The molecule has 0 aromatic rings. The largest absolute Gasteiger partial charge is 0.395 e. The Morgan fingerprint density at radius 3 is 2.64 bits per heavy atom. The summed E-state index contributed by atoms with van der Waals surface area (Å²) in [7, 11) is 0. The lowest BCUT2D eigenvalue weighted by Crippen LogP contribution is -2.42. The van der Waals surface area contributed by atoms with Gasteiger partial charge in [-0.25, -0.2) is 0 Å². The van der Waals surface area contributed by atoms with E-state index in [1.54, 1.807) is 0 Å². The van der Waals surface area contributed by atoms with Crippen molar-refractivity contribution in [3.8, 4) is 0 Å². The van der Waals surface area contributed by atoms with Crippen molar-refractivity contribution in [1.82, 2.24) is 0 Å². The molecule has 2 saturated carbocycles. The monoisotopic (exact) mass is 302 g/mol. The van der Waals surface area contributed by atoms with Crippen molar-refractivity contribution >= 4 is 0 Å². The molecule has 0 amide bonds. The van der Waals surface area contributed by atoms with Gasteiger partial charge in [-0.1, -0.05) is 42.4 Å². The molecule has 2 bridgehead atoms. The second kappa shape index (κ2) is 5.65. The quantitative estimate of drug-likeness (QED) is 0.777. The molecule has 0 aromatic carbocycles. The van der Waals surface area contributed by atoms with Crippen molar-refractivity contribution in [2.45, 2.75) is 46.6 Å². The van der Waals surface area contributed by atoms with Crippen LogP contribution in [-0.2, 0) is 0 Å². The normalized spacial score (nSPS) is 46.2. The molecule has 0 aliphatic heterocycles. The molecule has 122 valence electrons. The molecule has 3 rings (SSSR count). The van der Waals surface area contributed by atoms with Gasteiger partial charge < -0.3 is 10.2 Å². The predicted molar refractivity (Wildman–Crippen MR) is 90.2 cm³/mol. The van der Waals surface area contributed by atoms with Crippen molar-refractivity contribution in [1.29, 1.82) is 0 Å². The first kappa shape index (κ1) is 16.0. The number of hydrogen-bond donors (Lipinski definition) is 2. The van der Waals surface area contributed by atoms with E-state index in [0.717, 1.165) is 12.8 Å². The van der Waals surface area contributed by atoms with Gasteiger partial charge >= 0.3 is 0 Å². The molecule has 2 heteroatoms. The van der Waals surface area contributed by atoms with Crippen LogP contribution in [0, 0.1) is 35.0 Å². The van der Waals surface area contributed by atoms with E-state index in [2.05, 4.69) is 52.0 Å². The first-order chi connectivity index (χ1) is 10.4. The van der Waals surface area contributed by atoms with E-state index >= 15 is 0 Å². The molecule has 7 atom stereocenters. The summed E-state index contributed by atoms with van der Waals surface area (Å²) in [5, 5.41) is 20.6. The van der Waals surface area contributed by atoms with E-state index in [1.807, 2.05) is 0 Å². The van der Waals surface area contributed by atoms with Gasteiger partial charge in [-0.2, -0.15) is 0 Å². The summed E-state index contributed by atoms with van der Waals surface area (Å²) in [6.07, 6.45) is 10.8. The third kappa shape index (κ3) is 2.15. The van der Waals surface area contributed by atoms with Crippen LogP contribution >= 0.6 is 0 Å². The van der Waals surface area contributed by atoms with Gasteiger partial charge in [0.15, 0.2) is 0 Å². The summed E-state index contributed by atoms with van der Waals surface area (Å²) in [5.41, 5.74) is 2.65. The van der Waals surface area contributed by atoms with Crippen LogP contribution in [-0.4, -0.2) is 22.9 Å². The smallest absolute Gasteiger partial charge is 0.0577 e. The van der Waals surface area contributed by atoms with Gasteiger partial charge in [0.2, 0.25) is 0 Å². The second-order valence-electron chi connectivity index (χ2n) is 7.99. The molecular formula is C20H30O2. The Hall–Kier alpha value is -0.860. The Kier molecular flexibility index (Phi) is 4.11. The lowest BCUT2D eigenvalue weighted by atomic mass is 9.64. The minimum atomic E-state index is -0.183. The molecule has 3 aliphatic rings. The molecule has 0 radical (unpaired) electrons. The van der Waals surface area contributed by atoms with Crippen LogP contribution in [0.2, 0.25) is 0 Å². The third-order valence-corrected chi connectivity index (χ3v) is 6.67. The zero-order chi connectivity index (χ0) is 16.1. The number of fused-ring (bicyclic) bond motifs is 5. The fourth-order valence-electron chi connectivity index (χ4n) is 5.67. The third-order valence-electron chi connectivity index (χ3n) is 6.67. The van der Waals surface area contributed by atoms with Crippen molar-refractivity contribution < 1.29 is 10.2 Å². The topological polar surface area (TPSA) is 40.5 Å². The summed E-state index contributed by atoms with van der Waals surface area (Å²) in [5.74, 6) is 2.05. The van der Waals surface area contributed by atoms with E-state index in [-0.39, 0.29) is 18.1 Å². The van der Waals surface area contributed by atoms with Crippen LogP contribution < -0.4 is 0 Å². The number of aliphatic hydroxyl groups excluding tert-OH is 2. The highest BCUT2D eigenvalue weighted by Gasteiger charge is 2.66. The zero-order valence-corrected chi connectivity index (χ0v) is 14.3. The van der Waals surface area contributed by atoms with Gasteiger partial charge in [0, 0.05) is 11.3 Å². The highest BCUT2D eigenvalue weighted by molar-refractivity contribution is 5.32. The molecule has 3 aliphatic carbocycles. The van der Waals surface area contributed by atoms with Crippen LogP contribution in [0.3, 0.4) is 0 Å². The van der Waals surface area contributed by atoms with Crippen LogP contribution in [0.15, 0.2) is 35.5 Å². The second-order valence-corrected chi connectivity index (χ2v) is 7.99. The maximum atomic E-state index is 10.5. The van der Waals surface area contributed by atoms with Gasteiger partial charge in [-0.3, -0.25) is 0 Å². The van der Waals surface area contributed by atoms with Crippen molar-refractivity contribution in [3.63, 3.8) is 0 Å². The minimum absolute atomic E-state index is 0.0837. The van der Waals surface area contributed by atoms with Crippen LogP contribution in [0.5, 0.6) is 0 Å². The molecular weight excluding hydrogens is 272 g/mol. The van der Waals surface area contributed by atoms with Crippen LogP contribution in [0.25, 0.3) is 0 Å². The predicted octanol–water partition coefficient (Wildman–Crippen LogP) is 3.72. The summed E-state index contributed by atoms with van der Waals surface area (Å²) in [4.78, 5) is 0. The summed E-state index contributed by atoms with van der Waals surface area (Å²) in [6.45, 7) is 8.97. The standard InChI is InChI=1S/C20H30O2/c1-12(2)6-5-7-13(3)15-8-9-20(11-21)16-10-17(22)18(14(16)4)19(15)20/h6-9,14-19,21-22H,5,10-11H2,1-4H3/b13-7-/t14-,15+,16+,17+,18+,19+,20+/m1/s1. The number of allylic oxidation sites excluding steroid dienone is 5. The van der Waals surface area contributed by atoms with Crippen molar-refractivity contribution in [2.24, 2.45) is 35.0 Å². The molecule has 0 unspecified atom stereocenters. The molecule has 0 saturated heterocycles. The van der Waals surface area contributed by atoms with Crippen molar-refractivity contribution in [2.75, 3.05) is 6.61 Å². The number of aliphatic hydroxyl groups is 2. The maximum Gasteiger partial charge on any atom is 0.0577 e. The van der Waals surface area contributed by atoms with E-state index in [4.69, 9.17) is 0 Å². The minimum Gasteiger partial charge on any atom is -0.395 e. The molecule has 2 fully saturated rings. The first-order valence-corrected chi connectivity index (χ1v) is 8.70. The van der Waals surface area contributed by atoms with E-state index in [1.165, 1.54) is 11.1 Å². The molecule has 0 aromatic heterocycles. The van der Waals surface area contributed by atoms with Gasteiger partial charge in [-0.15, -0.1) is 0 Å². The molecule has 2 nitrogen and oxygen atoms in total. The Balaban J connectivity index is 1.87. The first-order valence-electron chi connectivity index (χ1n) is 8.70. The fourth-order valence-corrected chi connectivity index (χ4v) is 5.67. The maximum absolute atomic E-state index is 10.5. The Morgan fingerprint density at radius 1 is 1.27 bits per heavy atom. The fraction of sp³-hybridized carbons (Fsp3) is 0.700. The van der Waals surface area contributed by atoms with Crippen LogP contribution in [0.1, 0.15) is 40.5 Å². The average molecular weight is 302 g/mol. The van der Waals surface area contributed by atoms with E-state index in [9.17, 15) is 10.2 Å². The lowest BCUT2D eigenvalue weighted by Gasteiger charge is -2.41. The SMILES string of the molecule is CC(C)=CC/C=C(/C)[C@@H]1C=C[C@@]2(CO)[C@@H]1[C@H]1[C@H](C)[C@@H]2C[C@@H]1O. The summed E-state index contributed by atoms with van der Waals surface area (Å²) < 4.78 is 0. The Bertz CT molecular complexity index is 526. The highest BCUT2D eigenvalue weighted by Crippen LogP contribution is 2.68. The zero-order valence-electron chi connectivity index (χ0n) is 14.3. The number of hydrogen-bond acceptors (Lipinski definition) is 2. The number of rotatable bonds is 4. The lowest BCUT2D eigenvalue weighted by molar-refractivity contribution is -0.0104. The van der Waals surface area contributed by atoms with E-state index < -0.39 is 0 Å². The average Bonchev–Trinajstić information content (AvgIpc) is 3.04. The summed E-state index contributed by atoms with van der Waals surface area (Å²) >= 11 is 0. The van der Waals surface area contributed by atoms with Gasteiger partial charge in [0.05, 0.1) is 12.7 Å². The van der Waals surface area contributed by atoms with Gasteiger partial charge in [0.1, 0.15) is 0 Å². The Morgan fingerprint density at radius 2 is 2.00 bits per heavy atom.